The highest BCUT2D eigenvalue weighted by molar-refractivity contribution is 7.89. The van der Waals surface area contributed by atoms with Gasteiger partial charge in [-0.05, 0) is 51.8 Å². The molecule has 2 rings (SSSR count). The van der Waals surface area contributed by atoms with E-state index in [1.165, 1.54) is 12.1 Å². The van der Waals surface area contributed by atoms with Gasteiger partial charge in [-0.2, -0.15) is 0 Å². The Labute approximate surface area is 132 Å². The Morgan fingerprint density at radius 3 is 2.41 bits per heavy atom. The van der Waals surface area contributed by atoms with Crippen LogP contribution in [0.5, 0.6) is 0 Å². The highest BCUT2D eigenvalue weighted by Gasteiger charge is 2.24. The average molecular weight is 324 g/mol. The molecule has 0 aliphatic heterocycles. The van der Waals surface area contributed by atoms with E-state index in [1.807, 2.05) is 0 Å². The van der Waals surface area contributed by atoms with Gasteiger partial charge in [0, 0.05) is 17.1 Å². The maximum atomic E-state index is 12.3. The number of nitrogens with one attached hydrogen (secondary N) is 2. The van der Waals surface area contributed by atoms with Gasteiger partial charge < -0.3 is 5.32 Å². The molecule has 1 fully saturated rings. The Hall–Kier alpha value is -1.40. The maximum absolute atomic E-state index is 12.3. The third-order valence-electron chi connectivity index (χ3n) is 3.58. The molecule has 1 aliphatic carbocycles. The van der Waals surface area contributed by atoms with E-state index >= 15 is 0 Å². The number of carbonyl (C=O) groups is 1. The summed E-state index contributed by atoms with van der Waals surface area (Å²) in [4.78, 5) is 12.3. The van der Waals surface area contributed by atoms with E-state index in [0.29, 0.717) is 5.69 Å². The van der Waals surface area contributed by atoms with Crippen LogP contribution in [-0.4, -0.2) is 19.9 Å². The van der Waals surface area contributed by atoms with Crippen molar-refractivity contribution in [3.8, 4) is 0 Å². The Morgan fingerprint density at radius 1 is 1.18 bits per heavy atom. The second kappa shape index (κ2) is 6.38. The van der Waals surface area contributed by atoms with Crippen LogP contribution in [0.4, 0.5) is 5.69 Å². The number of sulfonamides is 1. The fourth-order valence-electron chi connectivity index (χ4n) is 2.64. The third-order valence-corrected chi connectivity index (χ3v) is 5.33. The van der Waals surface area contributed by atoms with Gasteiger partial charge in [-0.1, -0.05) is 18.9 Å². The van der Waals surface area contributed by atoms with E-state index < -0.39 is 15.6 Å². The molecule has 5 nitrogen and oxygen atoms in total. The molecule has 122 valence electrons. The lowest BCUT2D eigenvalue weighted by Gasteiger charge is -2.20. The number of anilines is 1. The first kappa shape index (κ1) is 17.0. The smallest absolute Gasteiger partial charge is 0.241 e. The van der Waals surface area contributed by atoms with E-state index in [1.54, 1.807) is 32.9 Å². The summed E-state index contributed by atoms with van der Waals surface area (Å²) in [5.41, 5.74) is -0.0317. The van der Waals surface area contributed by atoms with Crippen LogP contribution in [-0.2, 0) is 14.8 Å². The lowest BCUT2D eigenvalue weighted by molar-refractivity contribution is -0.119. The van der Waals surface area contributed by atoms with Crippen molar-refractivity contribution in [1.82, 2.24) is 4.72 Å². The first-order valence-corrected chi connectivity index (χ1v) is 9.11. The molecule has 0 heterocycles. The van der Waals surface area contributed by atoms with Crippen molar-refractivity contribution in [1.29, 1.82) is 0 Å². The molecule has 6 heteroatoms. The molecule has 0 atom stereocenters. The van der Waals surface area contributed by atoms with Gasteiger partial charge in [-0.3, -0.25) is 4.79 Å². The molecule has 0 bridgehead atoms. The molecule has 0 unspecified atom stereocenters. The highest BCUT2D eigenvalue weighted by Crippen LogP contribution is 2.26. The second-order valence-electron chi connectivity index (χ2n) is 6.85. The number of amides is 1. The SMILES string of the molecule is CC(C)(C)NS(=O)(=O)c1cccc(NC(=O)C2CCCC2)c1. The first-order chi connectivity index (χ1) is 10.2. The molecule has 0 aromatic heterocycles. The minimum Gasteiger partial charge on any atom is -0.326 e. The molecule has 22 heavy (non-hydrogen) atoms. The Morgan fingerprint density at radius 2 is 1.82 bits per heavy atom. The lowest BCUT2D eigenvalue weighted by atomic mass is 10.1. The molecule has 0 spiro atoms. The standard InChI is InChI=1S/C16H24N2O3S/c1-16(2,3)18-22(20,21)14-10-6-9-13(11-14)17-15(19)12-7-4-5-8-12/h6,9-12,18H,4-5,7-8H2,1-3H3,(H,17,19). The quantitative estimate of drug-likeness (QED) is 0.894. The minimum atomic E-state index is -3.60. The van der Waals surface area contributed by atoms with Gasteiger partial charge in [0.25, 0.3) is 0 Å². The molecular formula is C16H24N2O3S. The third kappa shape index (κ3) is 4.55. The summed E-state index contributed by atoms with van der Waals surface area (Å²) in [6.07, 6.45) is 3.99. The van der Waals surface area contributed by atoms with E-state index in [4.69, 9.17) is 0 Å². The molecule has 1 amide bonds. The van der Waals surface area contributed by atoms with Crippen LogP contribution >= 0.6 is 0 Å². The summed E-state index contributed by atoms with van der Waals surface area (Å²) in [6, 6.07) is 6.38. The fourth-order valence-corrected chi connectivity index (χ4v) is 4.10. The number of hydrogen-bond acceptors (Lipinski definition) is 3. The van der Waals surface area contributed by atoms with E-state index in [-0.39, 0.29) is 16.7 Å². The lowest BCUT2D eigenvalue weighted by Crippen LogP contribution is -2.40. The molecule has 1 aromatic carbocycles. The molecular weight excluding hydrogens is 300 g/mol. The zero-order chi connectivity index (χ0) is 16.4. The Kier molecular flexibility index (Phi) is 4.92. The normalized spacial score (nSPS) is 16.7. The van der Waals surface area contributed by atoms with Crippen molar-refractivity contribution in [3.63, 3.8) is 0 Å². The van der Waals surface area contributed by atoms with Gasteiger partial charge in [-0.15, -0.1) is 0 Å². The van der Waals surface area contributed by atoms with Crippen LogP contribution in [0.3, 0.4) is 0 Å². The molecule has 0 saturated heterocycles. The summed E-state index contributed by atoms with van der Waals surface area (Å²) in [5.74, 6) is 0.0313. The molecule has 0 radical (unpaired) electrons. The first-order valence-electron chi connectivity index (χ1n) is 7.62. The monoisotopic (exact) mass is 324 g/mol. The van der Waals surface area contributed by atoms with Gasteiger partial charge in [0.2, 0.25) is 15.9 Å². The summed E-state index contributed by atoms with van der Waals surface area (Å²) >= 11 is 0. The van der Waals surface area contributed by atoms with Crippen molar-refractivity contribution in [2.75, 3.05) is 5.32 Å². The van der Waals surface area contributed by atoms with Crippen molar-refractivity contribution < 1.29 is 13.2 Å². The highest BCUT2D eigenvalue weighted by atomic mass is 32.2. The van der Waals surface area contributed by atoms with Crippen LogP contribution < -0.4 is 10.0 Å². The molecule has 1 saturated carbocycles. The van der Waals surface area contributed by atoms with Gasteiger partial charge in [-0.25, -0.2) is 13.1 Å². The number of carbonyl (C=O) groups excluding carboxylic acids is 1. The number of benzene rings is 1. The predicted octanol–water partition coefficient (Wildman–Crippen LogP) is 2.89. The fraction of sp³-hybridized carbons (Fsp3) is 0.562. The van der Waals surface area contributed by atoms with Crippen LogP contribution in [0.2, 0.25) is 0 Å². The van der Waals surface area contributed by atoms with E-state index in [2.05, 4.69) is 10.0 Å². The minimum absolute atomic E-state index is 0.0178. The van der Waals surface area contributed by atoms with Crippen molar-refractivity contribution >= 4 is 21.6 Å². The van der Waals surface area contributed by atoms with Crippen LogP contribution in [0.15, 0.2) is 29.2 Å². The Balaban J connectivity index is 2.14. The topological polar surface area (TPSA) is 75.3 Å². The van der Waals surface area contributed by atoms with Crippen molar-refractivity contribution in [2.45, 2.75) is 56.9 Å². The number of rotatable bonds is 4. The average Bonchev–Trinajstić information content (AvgIpc) is 2.90. The molecule has 2 N–H and O–H groups in total. The van der Waals surface area contributed by atoms with Gasteiger partial charge in [0.1, 0.15) is 0 Å². The zero-order valence-corrected chi connectivity index (χ0v) is 14.2. The van der Waals surface area contributed by atoms with Crippen molar-refractivity contribution in [2.24, 2.45) is 5.92 Å². The van der Waals surface area contributed by atoms with E-state index in [9.17, 15) is 13.2 Å². The number of hydrogen-bond donors (Lipinski definition) is 2. The largest absolute Gasteiger partial charge is 0.326 e. The van der Waals surface area contributed by atoms with Gasteiger partial charge >= 0.3 is 0 Å². The van der Waals surface area contributed by atoms with Crippen LogP contribution in [0, 0.1) is 5.92 Å². The summed E-state index contributed by atoms with van der Waals surface area (Å²) in [6.45, 7) is 5.36. The second-order valence-corrected chi connectivity index (χ2v) is 8.54. The van der Waals surface area contributed by atoms with E-state index in [0.717, 1.165) is 25.7 Å². The van der Waals surface area contributed by atoms with Crippen molar-refractivity contribution in [3.05, 3.63) is 24.3 Å². The summed E-state index contributed by atoms with van der Waals surface area (Å²) < 4.78 is 27.2. The maximum Gasteiger partial charge on any atom is 0.241 e. The Bertz CT molecular complexity index is 642. The molecule has 1 aliphatic rings. The van der Waals surface area contributed by atoms with Crippen LogP contribution in [0.25, 0.3) is 0 Å². The van der Waals surface area contributed by atoms with Gasteiger partial charge in [0.15, 0.2) is 0 Å². The summed E-state index contributed by atoms with van der Waals surface area (Å²) in [5, 5.41) is 2.83. The zero-order valence-electron chi connectivity index (χ0n) is 13.3. The summed E-state index contributed by atoms with van der Waals surface area (Å²) in [7, 11) is -3.60. The molecule has 1 aromatic rings. The van der Waals surface area contributed by atoms with Crippen LogP contribution in [0.1, 0.15) is 46.5 Å². The van der Waals surface area contributed by atoms with Gasteiger partial charge in [0.05, 0.1) is 4.90 Å². The predicted molar refractivity (Wildman–Crippen MR) is 87.1 cm³/mol.